The molecular weight excluding hydrogens is 296 g/mol. The standard InChI is InChI=1S/C15H28O2Si3/c1-9-14-10-12-15(13-11-14)20(8,16-18(2,3)4)17-19(5,6)7/h9-13H,1H2,2-8H3. The van der Waals surface area contributed by atoms with Gasteiger partial charge in [-0.25, -0.2) is 0 Å². The van der Waals surface area contributed by atoms with Crippen LogP contribution in [0.4, 0.5) is 0 Å². The van der Waals surface area contributed by atoms with Crippen LogP contribution in [-0.2, 0) is 8.23 Å². The highest BCUT2D eigenvalue weighted by atomic mass is 28.5. The number of hydrogen-bond donors (Lipinski definition) is 0. The van der Waals surface area contributed by atoms with Crippen molar-refractivity contribution in [2.75, 3.05) is 0 Å². The summed E-state index contributed by atoms with van der Waals surface area (Å²) in [7, 11) is -5.66. The summed E-state index contributed by atoms with van der Waals surface area (Å²) in [5.74, 6) is 0. The van der Waals surface area contributed by atoms with Gasteiger partial charge in [0.05, 0.1) is 0 Å². The molecular formula is C15H28O2Si3. The van der Waals surface area contributed by atoms with E-state index in [1.807, 2.05) is 6.08 Å². The molecule has 0 aliphatic carbocycles. The highest BCUT2D eigenvalue weighted by Gasteiger charge is 2.42. The van der Waals surface area contributed by atoms with Crippen LogP contribution >= 0.6 is 0 Å². The summed E-state index contributed by atoms with van der Waals surface area (Å²) >= 11 is 0. The topological polar surface area (TPSA) is 18.5 Å². The number of benzene rings is 1. The second-order valence-corrected chi connectivity index (χ2v) is 19.8. The second-order valence-electron chi connectivity index (χ2n) is 7.20. The molecule has 0 saturated carbocycles. The second kappa shape index (κ2) is 6.11. The maximum atomic E-state index is 6.53. The van der Waals surface area contributed by atoms with Gasteiger partial charge in [0.25, 0.3) is 0 Å². The van der Waals surface area contributed by atoms with Crippen LogP contribution < -0.4 is 5.19 Å². The molecule has 2 nitrogen and oxygen atoms in total. The van der Waals surface area contributed by atoms with Crippen molar-refractivity contribution in [2.24, 2.45) is 0 Å². The largest absolute Gasteiger partial charge is 0.433 e. The summed E-state index contributed by atoms with van der Waals surface area (Å²) < 4.78 is 13.1. The van der Waals surface area contributed by atoms with E-state index in [-0.39, 0.29) is 0 Å². The summed E-state index contributed by atoms with van der Waals surface area (Å²) in [4.78, 5) is 0. The Balaban J connectivity index is 3.17. The summed E-state index contributed by atoms with van der Waals surface area (Å²) in [6, 6.07) is 8.47. The smallest absolute Gasteiger partial charge is 0.348 e. The third-order valence-corrected chi connectivity index (χ3v) is 12.1. The fourth-order valence-corrected chi connectivity index (χ4v) is 13.8. The van der Waals surface area contributed by atoms with E-state index in [0.717, 1.165) is 5.56 Å². The summed E-state index contributed by atoms with van der Waals surface area (Å²) in [6.45, 7) is 19.3. The normalized spacial score (nSPS) is 13.3. The van der Waals surface area contributed by atoms with Crippen molar-refractivity contribution in [1.29, 1.82) is 0 Å². The Morgan fingerprint density at radius 3 is 1.50 bits per heavy atom. The van der Waals surface area contributed by atoms with Gasteiger partial charge >= 0.3 is 8.56 Å². The minimum atomic E-state index is -2.34. The highest BCUT2D eigenvalue weighted by Crippen LogP contribution is 2.21. The predicted octanol–water partition coefficient (Wildman–Crippen LogP) is 4.31. The molecule has 5 heteroatoms. The third kappa shape index (κ3) is 5.49. The summed E-state index contributed by atoms with van der Waals surface area (Å²) in [5.41, 5.74) is 1.13. The van der Waals surface area contributed by atoms with Crippen LogP contribution in [0, 0.1) is 0 Å². The molecule has 0 unspecified atom stereocenters. The Bertz CT molecular complexity index is 439. The van der Waals surface area contributed by atoms with Gasteiger partial charge in [0.2, 0.25) is 0 Å². The van der Waals surface area contributed by atoms with E-state index in [1.54, 1.807) is 0 Å². The van der Waals surface area contributed by atoms with Gasteiger partial charge in [0.15, 0.2) is 16.6 Å². The molecule has 112 valence electrons. The molecule has 0 N–H and O–H groups in total. The molecule has 0 bridgehead atoms. The fraction of sp³-hybridized carbons (Fsp3) is 0.467. The molecule has 0 saturated heterocycles. The van der Waals surface area contributed by atoms with E-state index < -0.39 is 25.2 Å². The Hall–Kier alpha value is -0.469. The Kier molecular flexibility index (Phi) is 5.37. The first-order valence-corrected chi connectivity index (χ1v) is 16.2. The Labute approximate surface area is 127 Å². The quantitative estimate of drug-likeness (QED) is 0.726. The first kappa shape index (κ1) is 17.6. The van der Waals surface area contributed by atoms with Crippen molar-refractivity contribution < 1.29 is 8.23 Å². The fourth-order valence-electron chi connectivity index (χ4n) is 2.23. The van der Waals surface area contributed by atoms with Gasteiger partial charge in [-0.1, -0.05) is 36.9 Å². The lowest BCUT2D eigenvalue weighted by atomic mass is 10.2. The molecule has 1 aromatic carbocycles. The van der Waals surface area contributed by atoms with E-state index in [9.17, 15) is 0 Å². The van der Waals surface area contributed by atoms with Gasteiger partial charge < -0.3 is 8.23 Å². The zero-order chi connectivity index (χ0) is 15.6. The maximum Gasteiger partial charge on any atom is 0.348 e. The van der Waals surface area contributed by atoms with Crippen molar-refractivity contribution in [3.05, 3.63) is 36.4 Å². The minimum Gasteiger partial charge on any atom is -0.433 e. The maximum absolute atomic E-state index is 6.53. The van der Waals surface area contributed by atoms with E-state index >= 15 is 0 Å². The molecule has 1 rings (SSSR count). The van der Waals surface area contributed by atoms with E-state index in [0.29, 0.717) is 0 Å². The van der Waals surface area contributed by atoms with Gasteiger partial charge in [-0.05, 0) is 56.6 Å². The molecule has 0 heterocycles. The molecule has 0 fully saturated rings. The molecule has 0 radical (unpaired) electrons. The first-order valence-electron chi connectivity index (χ1n) is 7.08. The number of hydrogen-bond acceptors (Lipinski definition) is 2. The Morgan fingerprint density at radius 2 is 1.20 bits per heavy atom. The van der Waals surface area contributed by atoms with Crippen LogP contribution in [0.3, 0.4) is 0 Å². The van der Waals surface area contributed by atoms with Crippen molar-refractivity contribution in [3.63, 3.8) is 0 Å². The minimum absolute atomic E-state index is 1.13. The molecule has 0 spiro atoms. The van der Waals surface area contributed by atoms with Crippen LogP contribution in [-0.4, -0.2) is 25.2 Å². The van der Waals surface area contributed by atoms with E-state index in [4.69, 9.17) is 8.23 Å². The van der Waals surface area contributed by atoms with Crippen LogP contribution in [0.5, 0.6) is 0 Å². The highest BCUT2D eigenvalue weighted by molar-refractivity contribution is 6.94. The van der Waals surface area contributed by atoms with Gasteiger partial charge in [-0.3, -0.25) is 0 Å². The summed E-state index contributed by atoms with van der Waals surface area (Å²) in [6.07, 6.45) is 1.86. The van der Waals surface area contributed by atoms with Crippen molar-refractivity contribution >= 4 is 36.5 Å². The molecule has 1 aromatic rings. The first-order chi connectivity index (χ1) is 8.95. The van der Waals surface area contributed by atoms with Crippen molar-refractivity contribution in [1.82, 2.24) is 0 Å². The van der Waals surface area contributed by atoms with Crippen LogP contribution in [0.1, 0.15) is 5.56 Å². The van der Waals surface area contributed by atoms with Gasteiger partial charge in [0.1, 0.15) is 0 Å². The lowest BCUT2D eigenvalue weighted by Crippen LogP contribution is -2.60. The van der Waals surface area contributed by atoms with Crippen LogP contribution in [0.2, 0.25) is 45.8 Å². The molecule has 0 aliphatic rings. The SMILES string of the molecule is C=Cc1ccc([Si](C)(O[Si](C)(C)C)O[Si](C)(C)C)cc1. The lowest BCUT2D eigenvalue weighted by molar-refractivity contribution is 0.404. The van der Waals surface area contributed by atoms with E-state index in [2.05, 4.69) is 76.7 Å². The molecule has 0 aromatic heterocycles. The average Bonchev–Trinajstić information content (AvgIpc) is 2.24. The lowest BCUT2D eigenvalue weighted by Gasteiger charge is -2.38. The van der Waals surface area contributed by atoms with Crippen molar-refractivity contribution in [2.45, 2.75) is 45.8 Å². The Morgan fingerprint density at radius 1 is 0.800 bits per heavy atom. The zero-order valence-corrected chi connectivity index (χ0v) is 16.9. The van der Waals surface area contributed by atoms with Gasteiger partial charge in [0, 0.05) is 0 Å². The zero-order valence-electron chi connectivity index (χ0n) is 13.9. The van der Waals surface area contributed by atoms with E-state index in [1.165, 1.54) is 5.19 Å². The summed E-state index contributed by atoms with van der Waals surface area (Å²) in [5, 5.41) is 1.22. The number of rotatable bonds is 6. The average molecular weight is 325 g/mol. The van der Waals surface area contributed by atoms with Crippen LogP contribution in [0.15, 0.2) is 30.8 Å². The monoisotopic (exact) mass is 324 g/mol. The predicted molar refractivity (Wildman–Crippen MR) is 96.6 cm³/mol. The molecule has 20 heavy (non-hydrogen) atoms. The van der Waals surface area contributed by atoms with Crippen molar-refractivity contribution in [3.8, 4) is 0 Å². The molecule has 0 atom stereocenters. The van der Waals surface area contributed by atoms with Gasteiger partial charge in [-0.15, -0.1) is 0 Å². The van der Waals surface area contributed by atoms with Crippen LogP contribution in [0.25, 0.3) is 6.08 Å². The molecule has 0 amide bonds. The third-order valence-electron chi connectivity index (χ3n) is 2.67. The van der Waals surface area contributed by atoms with Gasteiger partial charge in [-0.2, -0.15) is 0 Å². The molecule has 0 aliphatic heterocycles.